The minimum atomic E-state index is -4.76. The van der Waals surface area contributed by atoms with Crippen LogP contribution in [0.5, 0.6) is 5.75 Å². The predicted octanol–water partition coefficient (Wildman–Crippen LogP) is 2.57. The Morgan fingerprint density at radius 3 is 2.41 bits per heavy atom. The first kappa shape index (κ1) is 19.0. The number of nitrogens with zero attached hydrogens (tertiary/aromatic N) is 2. The Labute approximate surface area is 152 Å². The van der Waals surface area contributed by atoms with Gasteiger partial charge in [-0.05, 0) is 30.5 Å². The second-order valence-corrected chi connectivity index (χ2v) is 6.51. The fraction of sp³-hybridized carbons (Fsp3) is 0.471. The monoisotopic (exact) mass is 386 g/mol. The number of urea groups is 1. The average Bonchev–Trinajstić information content (AvgIpc) is 2.58. The minimum Gasteiger partial charge on any atom is -0.480 e. The second-order valence-electron chi connectivity index (χ2n) is 6.51. The summed E-state index contributed by atoms with van der Waals surface area (Å²) in [6, 6.07) is 3.67. The number of piperidine rings is 1. The van der Waals surface area contributed by atoms with Crippen LogP contribution < -0.4 is 4.74 Å². The van der Waals surface area contributed by atoms with Crippen LogP contribution in [0.3, 0.4) is 0 Å². The van der Waals surface area contributed by atoms with E-state index in [0.717, 1.165) is 16.9 Å². The Morgan fingerprint density at radius 1 is 1.19 bits per heavy atom. The molecule has 2 saturated heterocycles. The zero-order chi connectivity index (χ0) is 19.8. The van der Waals surface area contributed by atoms with Crippen molar-refractivity contribution in [3.8, 4) is 5.75 Å². The van der Waals surface area contributed by atoms with Crippen LogP contribution >= 0.6 is 0 Å². The molecule has 0 aliphatic carbocycles. The van der Waals surface area contributed by atoms with Crippen molar-refractivity contribution >= 4 is 17.9 Å². The Morgan fingerprint density at radius 2 is 1.85 bits per heavy atom. The van der Waals surface area contributed by atoms with Gasteiger partial charge in [-0.3, -0.25) is 4.79 Å². The highest BCUT2D eigenvalue weighted by Gasteiger charge is 2.47. The lowest BCUT2D eigenvalue weighted by atomic mass is 9.90. The number of carboxylic acid groups (broad SMARTS) is 1. The van der Waals surface area contributed by atoms with Gasteiger partial charge in [0.25, 0.3) is 0 Å². The third-order valence-corrected chi connectivity index (χ3v) is 4.72. The molecule has 2 aliphatic heterocycles. The predicted molar refractivity (Wildman–Crippen MR) is 85.0 cm³/mol. The standard InChI is InChI=1S/C17H17F3N2O5/c18-17(19,20)27-12-5-3-10(4-6-12)11-2-1-7-21(9-11)16(26)22-13(15(24)25)8-14(22)23/h3-6,11,13H,1-2,7-9H2,(H,24,25). The fourth-order valence-electron chi connectivity index (χ4n) is 3.37. The third-order valence-electron chi connectivity index (χ3n) is 4.72. The van der Waals surface area contributed by atoms with Gasteiger partial charge in [-0.15, -0.1) is 13.2 Å². The number of carboxylic acids is 1. The number of halogens is 3. The number of hydrogen-bond acceptors (Lipinski definition) is 4. The van der Waals surface area contributed by atoms with Crippen molar-refractivity contribution in [2.24, 2.45) is 0 Å². The first-order chi connectivity index (χ1) is 12.7. The average molecular weight is 386 g/mol. The van der Waals surface area contributed by atoms with Crippen molar-refractivity contribution in [2.75, 3.05) is 13.1 Å². The Balaban J connectivity index is 1.66. The molecule has 3 rings (SSSR count). The molecule has 146 valence electrons. The van der Waals surface area contributed by atoms with E-state index < -0.39 is 30.3 Å². The number of aliphatic carboxylic acids is 1. The van der Waals surface area contributed by atoms with Crippen molar-refractivity contribution in [3.63, 3.8) is 0 Å². The number of β-lactam (4-membered cyclic amide) rings is 1. The highest BCUT2D eigenvalue weighted by Crippen LogP contribution is 2.31. The molecule has 1 aromatic rings. The maximum absolute atomic E-state index is 12.5. The van der Waals surface area contributed by atoms with Crippen LogP contribution in [-0.4, -0.2) is 58.3 Å². The molecule has 2 fully saturated rings. The molecule has 2 unspecified atom stereocenters. The summed E-state index contributed by atoms with van der Waals surface area (Å²) in [6.07, 6.45) is -3.60. The molecule has 2 atom stereocenters. The number of benzene rings is 1. The van der Waals surface area contributed by atoms with Gasteiger partial charge >= 0.3 is 18.4 Å². The van der Waals surface area contributed by atoms with E-state index in [2.05, 4.69) is 4.74 Å². The van der Waals surface area contributed by atoms with E-state index in [-0.39, 0.29) is 24.6 Å². The maximum atomic E-state index is 12.5. The topological polar surface area (TPSA) is 87.2 Å². The van der Waals surface area contributed by atoms with Crippen LogP contribution in [0.25, 0.3) is 0 Å². The first-order valence-electron chi connectivity index (χ1n) is 8.35. The van der Waals surface area contributed by atoms with Crippen LogP contribution in [0.15, 0.2) is 24.3 Å². The summed E-state index contributed by atoms with van der Waals surface area (Å²) in [4.78, 5) is 37.4. The molecule has 0 aromatic heterocycles. The molecule has 2 heterocycles. The van der Waals surface area contributed by atoms with E-state index in [1.807, 2.05) is 0 Å². The van der Waals surface area contributed by atoms with E-state index in [4.69, 9.17) is 5.11 Å². The van der Waals surface area contributed by atoms with Crippen molar-refractivity contribution < 1.29 is 37.4 Å². The van der Waals surface area contributed by atoms with Gasteiger partial charge in [0.2, 0.25) is 5.91 Å². The van der Waals surface area contributed by atoms with Gasteiger partial charge in [0.05, 0.1) is 6.42 Å². The summed E-state index contributed by atoms with van der Waals surface area (Å²) in [5, 5.41) is 9.05. The summed E-state index contributed by atoms with van der Waals surface area (Å²) in [6.45, 7) is 0.648. The number of alkyl halides is 3. The molecular weight excluding hydrogens is 369 g/mol. The van der Waals surface area contributed by atoms with Gasteiger partial charge in [-0.2, -0.15) is 0 Å². The van der Waals surface area contributed by atoms with Crippen molar-refractivity contribution in [3.05, 3.63) is 29.8 Å². The molecule has 1 aromatic carbocycles. The molecule has 1 N–H and O–H groups in total. The van der Waals surface area contributed by atoms with Gasteiger partial charge in [0.15, 0.2) is 0 Å². The van der Waals surface area contributed by atoms with Crippen LogP contribution in [0, 0.1) is 0 Å². The minimum absolute atomic E-state index is 0.123. The first-order valence-corrected chi connectivity index (χ1v) is 8.35. The van der Waals surface area contributed by atoms with E-state index in [9.17, 15) is 27.6 Å². The summed E-state index contributed by atoms with van der Waals surface area (Å²) in [5.74, 6) is -2.20. The summed E-state index contributed by atoms with van der Waals surface area (Å²) in [7, 11) is 0. The van der Waals surface area contributed by atoms with Crippen molar-refractivity contribution in [1.29, 1.82) is 0 Å². The number of carbonyl (C=O) groups excluding carboxylic acids is 2. The summed E-state index contributed by atoms with van der Waals surface area (Å²) in [5.41, 5.74) is 0.742. The lowest BCUT2D eigenvalue weighted by Gasteiger charge is -2.41. The quantitative estimate of drug-likeness (QED) is 0.807. The number of rotatable bonds is 3. The number of imide groups is 1. The van der Waals surface area contributed by atoms with Gasteiger partial charge in [-0.25, -0.2) is 14.5 Å². The molecular formula is C17H17F3N2O5. The molecule has 0 saturated carbocycles. The number of likely N-dealkylation sites (tertiary alicyclic amines) is 2. The molecule has 10 heteroatoms. The highest BCUT2D eigenvalue weighted by atomic mass is 19.4. The Hall–Kier alpha value is -2.78. The highest BCUT2D eigenvalue weighted by molar-refractivity contribution is 6.05. The molecule has 27 heavy (non-hydrogen) atoms. The lowest BCUT2D eigenvalue weighted by Crippen LogP contribution is -2.63. The molecule has 0 spiro atoms. The van der Waals surface area contributed by atoms with Crippen LogP contribution in [0.4, 0.5) is 18.0 Å². The third kappa shape index (κ3) is 4.15. The van der Waals surface area contributed by atoms with E-state index in [0.29, 0.717) is 13.0 Å². The summed E-state index contributed by atoms with van der Waals surface area (Å²) < 4.78 is 40.5. The molecule has 0 radical (unpaired) electrons. The largest absolute Gasteiger partial charge is 0.573 e. The van der Waals surface area contributed by atoms with Crippen molar-refractivity contribution in [2.45, 2.75) is 37.6 Å². The lowest BCUT2D eigenvalue weighted by molar-refractivity contribution is -0.274. The Bertz CT molecular complexity index is 750. The zero-order valence-corrected chi connectivity index (χ0v) is 14.1. The molecule has 2 aliphatic rings. The second kappa shape index (κ2) is 7.09. The van der Waals surface area contributed by atoms with Crippen LogP contribution in [0.1, 0.15) is 30.7 Å². The maximum Gasteiger partial charge on any atom is 0.573 e. The number of hydrogen-bond donors (Lipinski definition) is 1. The molecule has 3 amide bonds. The van der Waals surface area contributed by atoms with Crippen LogP contribution in [-0.2, 0) is 9.59 Å². The van der Waals surface area contributed by atoms with Gasteiger partial charge in [-0.1, -0.05) is 12.1 Å². The molecule has 0 bridgehead atoms. The van der Waals surface area contributed by atoms with E-state index in [1.54, 1.807) is 0 Å². The Kier molecular flexibility index (Phi) is 4.99. The number of ether oxygens (including phenoxy) is 1. The van der Waals surface area contributed by atoms with Crippen LogP contribution in [0.2, 0.25) is 0 Å². The van der Waals surface area contributed by atoms with E-state index >= 15 is 0 Å². The van der Waals surface area contributed by atoms with E-state index in [1.165, 1.54) is 29.2 Å². The zero-order valence-electron chi connectivity index (χ0n) is 14.1. The van der Waals surface area contributed by atoms with Gasteiger partial charge in [0.1, 0.15) is 11.8 Å². The molecule has 7 nitrogen and oxygen atoms in total. The fourth-order valence-corrected chi connectivity index (χ4v) is 3.37. The van der Waals surface area contributed by atoms with Gasteiger partial charge in [0, 0.05) is 19.0 Å². The number of amides is 3. The SMILES string of the molecule is O=C(O)C1CC(=O)N1C(=O)N1CCCC(c2ccc(OC(F)(F)F)cc2)C1. The van der Waals surface area contributed by atoms with Gasteiger partial charge < -0.3 is 14.7 Å². The smallest absolute Gasteiger partial charge is 0.480 e. The normalized spacial score (nSPS) is 23.0. The summed E-state index contributed by atoms with van der Waals surface area (Å²) >= 11 is 0. The number of carbonyl (C=O) groups is 3. The van der Waals surface area contributed by atoms with Crippen molar-refractivity contribution in [1.82, 2.24) is 9.80 Å².